The Bertz CT molecular complexity index is 1170. The van der Waals surface area contributed by atoms with Crippen molar-refractivity contribution in [2.24, 2.45) is 5.41 Å². The molecular formula is C28H38ClFN2O8S. The van der Waals surface area contributed by atoms with Crippen LogP contribution in [-0.2, 0) is 31.1 Å². The van der Waals surface area contributed by atoms with Crippen LogP contribution in [0.5, 0.6) is 0 Å². The summed E-state index contributed by atoms with van der Waals surface area (Å²) in [4.78, 5) is 38.5. The van der Waals surface area contributed by atoms with Crippen LogP contribution in [0.2, 0.25) is 5.02 Å². The smallest absolute Gasteiger partial charge is 0.336 e. The molecule has 0 amide bonds. The molecule has 1 aliphatic rings. The van der Waals surface area contributed by atoms with Gasteiger partial charge in [-0.2, -0.15) is 4.39 Å². The number of hydrogen-bond donors (Lipinski definition) is 4. The van der Waals surface area contributed by atoms with Crippen molar-refractivity contribution in [1.29, 1.82) is 0 Å². The van der Waals surface area contributed by atoms with Crippen LogP contribution in [0.1, 0.15) is 62.6 Å². The van der Waals surface area contributed by atoms with Gasteiger partial charge in [0.15, 0.2) is 10.7 Å². The number of rotatable bonds is 13. The van der Waals surface area contributed by atoms with Gasteiger partial charge in [-0.1, -0.05) is 17.7 Å². The molecule has 0 aliphatic carbocycles. The summed E-state index contributed by atoms with van der Waals surface area (Å²) >= 11 is 7.07. The minimum Gasteiger partial charge on any atom is -0.481 e. The first-order valence-electron chi connectivity index (χ1n) is 13.1. The lowest BCUT2D eigenvalue weighted by molar-refractivity contribution is -0.170. The van der Waals surface area contributed by atoms with Gasteiger partial charge in [0.05, 0.1) is 24.5 Å². The molecule has 13 heteroatoms. The van der Waals surface area contributed by atoms with Crippen LogP contribution in [0.3, 0.4) is 0 Å². The molecule has 0 aromatic carbocycles. The molecule has 3 rings (SSSR count). The fourth-order valence-electron chi connectivity index (χ4n) is 4.75. The molecule has 3 heterocycles. The zero-order chi connectivity index (χ0) is 31.0. The van der Waals surface area contributed by atoms with Gasteiger partial charge in [0.2, 0.25) is 0 Å². The van der Waals surface area contributed by atoms with Gasteiger partial charge in [-0.05, 0) is 71.2 Å². The number of ether oxygens (including phenoxy) is 1. The van der Waals surface area contributed by atoms with E-state index in [0.29, 0.717) is 6.61 Å². The fraction of sp³-hybridized carbons (Fsp3) is 0.571. The molecule has 41 heavy (non-hydrogen) atoms. The van der Waals surface area contributed by atoms with Crippen molar-refractivity contribution in [3.63, 3.8) is 0 Å². The number of halogens is 2. The first-order chi connectivity index (χ1) is 19.0. The van der Waals surface area contributed by atoms with E-state index >= 15 is 0 Å². The summed E-state index contributed by atoms with van der Waals surface area (Å²) in [5, 5.41) is 33.8. The normalized spacial score (nSPS) is 17.6. The van der Waals surface area contributed by atoms with Crippen LogP contribution in [0.4, 0.5) is 4.39 Å². The van der Waals surface area contributed by atoms with Crippen molar-refractivity contribution in [3.05, 3.63) is 50.7 Å². The van der Waals surface area contributed by atoms with E-state index < -0.39 is 36.4 Å². The van der Waals surface area contributed by atoms with E-state index in [9.17, 15) is 18.8 Å². The van der Waals surface area contributed by atoms with Gasteiger partial charge in [-0.3, -0.25) is 19.5 Å². The van der Waals surface area contributed by atoms with Gasteiger partial charge in [0, 0.05) is 40.9 Å². The number of hydrogen-bond acceptors (Lipinski definition) is 8. The molecule has 0 unspecified atom stereocenters. The predicted molar refractivity (Wildman–Crippen MR) is 152 cm³/mol. The predicted octanol–water partition coefficient (Wildman–Crippen LogP) is 4.59. The molecule has 228 valence electrons. The summed E-state index contributed by atoms with van der Waals surface area (Å²) in [6.07, 6.45) is 2.60. The van der Waals surface area contributed by atoms with Crippen molar-refractivity contribution < 1.29 is 43.9 Å². The van der Waals surface area contributed by atoms with E-state index in [1.807, 2.05) is 20.0 Å². The third-order valence-corrected chi connectivity index (χ3v) is 8.71. The highest BCUT2D eigenvalue weighted by atomic mass is 35.5. The van der Waals surface area contributed by atoms with Gasteiger partial charge >= 0.3 is 17.9 Å². The second-order valence-electron chi connectivity index (χ2n) is 10.9. The van der Waals surface area contributed by atoms with Crippen molar-refractivity contribution in [2.45, 2.75) is 70.9 Å². The molecule has 0 bridgehead atoms. The Labute approximate surface area is 247 Å². The molecule has 0 spiro atoms. The number of aliphatic carboxylic acids is 3. The van der Waals surface area contributed by atoms with Gasteiger partial charge in [-0.25, -0.2) is 4.79 Å². The molecule has 1 saturated heterocycles. The number of carboxylic acids is 3. The maximum Gasteiger partial charge on any atom is 0.336 e. The summed E-state index contributed by atoms with van der Waals surface area (Å²) in [7, 11) is 0. The minimum atomic E-state index is -2.74. The summed E-state index contributed by atoms with van der Waals surface area (Å²) in [6, 6.07) is 6.03. The van der Waals surface area contributed by atoms with E-state index in [1.54, 1.807) is 6.07 Å². The zero-order valence-corrected chi connectivity index (χ0v) is 25.2. The van der Waals surface area contributed by atoms with Crippen LogP contribution in [-0.4, -0.2) is 80.1 Å². The van der Waals surface area contributed by atoms with Gasteiger partial charge in [-0.15, -0.1) is 11.3 Å². The van der Waals surface area contributed by atoms with Gasteiger partial charge < -0.3 is 25.2 Å². The second kappa shape index (κ2) is 14.5. The Hall–Kier alpha value is -2.64. The van der Waals surface area contributed by atoms with Crippen LogP contribution in [0.25, 0.3) is 0 Å². The van der Waals surface area contributed by atoms with Crippen molar-refractivity contribution >= 4 is 40.8 Å². The Balaban J connectivity index is 0.000000383. The highest BCUT2D eigenvalue weighted by Crippen LogP contribution is 2.42. The number of nitrogens with zero attached hydrogens (tertiary/aromatic N) is 2. The van der Waals surface area contributed by atoms with E-state index in [1.165, 1.54) is 5.56 Å². The average Bonchev–Trinajstić information content (AvgIpc) is 3.45. The minimum absolute atomic E-state index is 0.0817. The second-order valence-corrected chi connectivity index (χ2v) is 12.4. The molecular weight excluding hydrogens is 579 g/mol. The Morgan fingerprint density at radius 1 is 1.20 bits per heavy atom. The Morgan fingerprint density at radius 2 is 1.83 bits per heavy atom. The van der Waals surface area contributed by atoms with E-state index in [4.69, 9.17) is 36.8 Å². The summed E-state index contributed by atoms with van der Waals surface area (Å²) in [5.41, 5.74) is -0.478. The van der Waals surface area contributed by atoms with Crippen LogP contribution in [0, 0.1) is 17.5 Å². The van der Waals surface area contributed by atoms with Crippen LogP contribution < -0.4 is 0 Å². The van der Waals surface area contributed by atoms with Crippen LogP contribution in [0.15, 0.2) is 24.4 Å². The molecule has 0 radical (unpaired) electrons. The number of carboxylic acid groups (broad SMARTS) is 3. The first kappa shape index (κ1) is 34.6. The number of pyridine rings is 1. The SMILES string of the molecule is CCOC[C@]1(CCc2cc(Cl)c(F)s2)CCN(C(C)(C)c2ccc(C)nc2)C1.O=C(O)CC(O)(CC(=O)O)C(=O)O. The summed E-state index contributed by atoms with van der Waals surface area (Å²) < 4.78 is 19.5. The third-order valence-electron chi connectivity index (χ3n) is 7.34. The van der Waals surface area contributed by atoms with Gasteiger partial charge in [0.25, 0.3) is 0 Å². The molecule has 1 fully saturated rings. The van der Waals surface area contributed by atoms with E-state index in [2.05, 4.69) is 35.9 Å². The largest absolute Gasteiger partial charge is 0.481 e. The van der Waals surface area contributed by atoms with Crippen LogP contribution >= 0.6 is 22.9 Å². The third kappa shape index (κ3) is 9.71. The molecule has 0 saturated carbocycles. The zero-order valence-electron chi connectivity index (χ0n) is 23.7. The average molecular weight is 617 g/mol. The topological polar surface area (TPSA) is 157 Å². The van der Waals surface area contributed by atoms with Gasteiger partial charge in [0.1, 0.15) is 0 Å². The quantitative estimate of drug-likeness (QED) is 0.251. The lowest BCUT2D eigenvalue weighted by Crippen LogP contribution is -2.42. The maximum atomic E-state index is 13.6. The summed E-state index contributed by atoms with van der Waals surface area (Å²) in [6.45, 7) is 12.0. The Morgan fingerprint density at radius 3 is 2.29 bits per heavy atom. The number of aryl methyl sites for hydroxylation is 2. The molecule has 4 N–H and O–H groups in total. The van der Waals surface area contributed by atoms with E-state index in [0.717, 1.165) is 60.9 Å². The Kier molecular flexibility index (Phi) is 12.2. The molecule has 2 aromatic rings. The summed E-state index contributed by atoms with van der Waals surface area (Å²) in [5.74, 6) is -5.02. The molecule has 1 aliphatic heterocycles. The molecule has 10 nitrogen and oxygen atoms in total. The number of likely N-dealkylation sites (tertiary alicyclic amines) is 1. The number of carbonyl (C=O) groups is 3. The molecule has 2 aromatic heterocycles. The first-order valence-corrected chi connectivity index (χ1v) is 14.3. The van der Waals surface area contributed by atoms with Crippen molar-refractivity contribution in [3.8, 4) is 0 Å². The fourth-order valence-corrected chi connectivity index (χ4v) is 5.83. The van der Waals surface area contributed by atoms with E-state index in [-0.39, 0.29) is 21.1 Å². The molecule has 1 atom stereocenters. The monoisotopic (exact) mass is 616 g/mol. The lowest BCUT2D eigenvalue weighted by Gasteiger charge is -2.38. The number of aliphatic hydroxyl groups is 1. The number of aromatic nitrogens is 1. The van der Waals surface area contributed by atoms with Crippen molar-refractivity contribution in [1.82, 2.24) is 9.88 Å². The standard InChI is InChI=1S/C22H30ClFN2OS.C6H8O7/c1-5-27-15-22(9-8-18-12-19(23)20(24)28-18)10-11-26(14-22)21(3,4)17-7-6-16(2)25-13-17;7-3(8)1-6(13,5(11)12)2-4(9)10/h6-7,12-13H,5,8-11,14-15H2,1-4H3;13H,1-2H2,(H,7,8)(H,9,10)(H,11,12)/t22-;/m1./s1. The highest BCUT2D eigenvalue weighted by Gasteiger charge is 2.44. The van der Waals surface area contributed by atoms with Crippen molar-refractivity contribution in [2.75, 3.05) is 26.3 Å². The number of thiophene rings is 1. The maximum absolute atomic E-state index is 13.6. The lowest BCUT2D eigenvalue weighted by atomic mass is 9.82. The highest BCUT2D eigenvalue weighted by molar-refractivity contribution is 7.10.